The Morgan fingerprint density at radius 3 is 2.00 bits per heavy atom. The molecule has 0 heterocycles. The van der Waals surface area contributed by atoms with E-state index < -0.39 is 0 Å². The quantitative estimate of drug-likeness (QED) is 0.605. The number of allylic oxidation sites excluding steroid dienone is 2. The van der Waals surface area contributed by atoms with Crippen LogP contribution in [0.15, 0.2) is 10.6 Å². The molecule has 0 N–H and O–H groups in total. The molecule has 0 bridgehead atoms. The van der Waals surface area contributed by atoms with Crippen molar-refractivity contribution < 1.29 is 0 Å². The summed E-state index contributed by atoms with van der Waals surface area (Å²) in [5.41, 5.74) is 0. The van der Waals surface area contributed by atoms with Crippen molar-refractivity contribution in [1.82, 2.24) is 0 Å². The Labute approximate surface area is 60.1 Å². The maximum Gasteiger partial charge on any atom is -0.0120 e. The van der Waals surface area contributed by atoms with Crippen LogP contribution in [0.3, 0.4) is 0 Å². The molecule has 0 spiro atoms. The molecule has 0 saturated heterocycles. The van der Waals surface area contributed by atoms with Gasteiger partial charge in [-0.2, -0.15) is 0 Å². The van der Waals surface area contributed by atoms with E-state index in [4.69, 9.17) is 0 Å². The highest BCUT2D eigenvalue weighted by Gasteiger charge is 1.88. The summed E-state index contributed by atoms with van der Waals surface area (Å²) >= 11 is 3.35. The summed E-state index contributed by atoms with van der Waals surface area (Å²) in [6.45, 7) is 6.31. The fraction of sp³-hybridized carbons (Fsp3) is 0.571. The van der Waals surface area contributed by atoms with Crippen molar-refractivity contribution in [2.45, 2.75) is 27.2 Å². The van der Waals surface area contributed by atoms with Crippen molar-refractivity contribution in [3.8, 4) is 0 Å². The summed E-state index contributed by atoms with van der Waals surface area (Å²) in [4.78, 5) is 0. The van der Waals surface area contributed by atoms with Crippen LogP contribution >= 0.6 is 15.9 Å². The number of rotatable bonds is 2. The SMILES string of the molecule is C[C](C)CC=C(C)Br. The third kappa shape index (κ3) is 6.22. The first-order chi connectivity index (χ1) is 3.63. The predicted molar refractivity (Wildman–Crippen MR) is 41.9 cm³/mol. The first-order valence-electron chi connectivity index (χ1n) is 2.74. The molecule has 8 heavy (non-hydrogen) atoms. The van der Waals surface area contributed by atoms with Crippen LogP contribution in [0.4, 0.5) is 0 Å². The molecule has 0 fully saturated rings. The number of hydrogen-bond acceptors (Lipinski definition) is 0. The molecule has 1 radical (unpaired) electrons. The fourth-order valence-electron chi connectivity index (χ4n) is 0.345. The van der Waals surface area contributed by atoms with Gasteiger partial charge in [0, 0.05) is 0 Å². The van der Waals surface area contributed by atoms with Gasteiger partial charge in [0.25, 0.3) is 0 Å². The molecule has 0 saturated carbocycles. The van der Waals surface area contributed by atoms with E-state index in [-0.39, 0.29) is 0 Å². The Hall–Kier alpha value is 0.220. The minimum atomic E-state index is 1.09. The standard InChI is InChI=1S/C7H12Br/c1-6(2)4-5-7(3)8/h5H,4H2,1-3H3. The Balaban J connectivity index is 3.29. The summed E-state index contributed by atoms with van der Waals surface area (Å²) in [6, 6.07) is 0. The zero-order chi connectivity index (χ0) is 6.57. The Bertz CT molecular complexity index is 78.4. The number of hydrogen-bond donors (Lipinski definition) is 0. The maximum atomic E-state index is 3.35. The molecule has 1 heteroatoms. The molecule has 0 atom stereocenters. The summed E-state index contributed by atoms with van der Waals surface area (Å²) in [6.07, 6.45) is 3.26. The zero-order valence-corrected chi connectivity index (χ0v) is 7.25. The molecule has 0 aromatic carbocycles. The highest BCUT2D eigenvalue weighted by atomic mass is 79.9. The average molecular weight is 176 g/mol. The lowest BCUT2D eigenvalue weighted by Gasteiger charge is -1.95. The first kappa shape index (κ1) is 8.22. The van der Waals surface area contributed by atoms with Crippen molar-refractivity contribution in [3.63, 3.8) is 0 Å². The van der Waals surface area contributed by atoms with Crippen molar-refractivity contribution in [3.05, 3.63) is 16.5 Å². The Morgan fingerprint density at radius 2 is 1.88 bits per heavy atom. The third-order valence-corrected chi connectivity index (χ3v) is 1.12. The highest BCUT2D eigenvalue weighted by molar-refractivity contribution is 9.11. The van der Waals surface area contributed by atoms with Crippen LogP contribution < -0.4 is 0 Å². The molecule has 0 nitrogen and oxygen atoms in total. The van der Waals surface area contributed by atoms with Crippen molar-refractivity contribution in [2.24, 2.45) is 0 Å². The van der Waals surface area contributed by atoms with Crippen LogP contribution in [-0.4, -0.2) is 0 Å². The van der Waals surface area contributed by atoms with Gasteiger partial charge < -0.3 is 0 Å². The van der Waals surface area contributed by atoms with Gasteiger partial charge in [0.1, 0.15) is 0 Å². The van der Waals surface area contributed by atoms with Crippen molar-refractivity contribution >= 4 is 15.9 Å². The minimum Gasteiger partial charge on any atom is -0.0741 e. The summed E-state index contributed by atoms with van der Waals surface area (Å²) in [5, 5.41) is 0. The Morgan fingerprint density at radius 1 is 1.38 bits per heavy atom. The van der Waals surface area contributed by atoms with Gasteiger partial charge in [0.05, 0.1) is 0 Å². The van der Waals surface area contributed by atoms with Crippen LogP contribution in [0.2, 0.25) is 0 Å². The molecule has 0 amide bonds. The number of halogens is 1. The lowest BCUT2D eigenvalue weighted by molar-refractivity contribution is 0.989. The molecule has 0 aliphatic carbocycles. The van der Waals surface area contributed by atoms with Crippen molar-refractivity contribution in [1.29, 1.82) is 0 Å². The van der Waals surface area contributed by atoms with E-state index in [9.17, 15) is 0 Å². The average Bonchev–Trinajstić information content (AvgIpc) is 1.61. The van der Waals surface area contributed by atoms with E-state index in [0.717, 1.165) is 6.42 Å². The van der Waals surface area contributed by atoms with Gasteiger partial charge in [-0.1, -0.05) is 35.9 Å². The second kappa shape index (κ2) is 4.13. The normalized spacial score (nSPS) is 12.9. The topological polar surface area (TPSA) is 0 Å². The van der Waals surface area contributed by atoms with E-state index in [1.54, 1.807) is 0 Å². The van der Waals surface area contributed by atoms with Crippen LogP contribution in [0.25, 0.3) is 0 Å². The molecule has 47 valence electrons. The lowest BCUT2D eigenvalue weighted by Crippen LogP contribution is -1.77. The Kier molecular flexibility index (Phi) is 4.25. The second-order valence-corrected chi connectivity index (χ2v) is 3.45. The van der Waals surface area contributed by atoms with Gasteiger partial charge in [0.15, 0.2) is 0 Å². The van der Waals surface area contributed by atoms with Crippen molar-refractivity contribution in [2.75, 3.05) is 0 Å². The van der Waals surface area contributed by atoms with Crippen LogP contribution in [0.1, 0.15) is 27.2 Å². The molecule has 0 aliphatic rings. The molecule has 0 rings (SSSR count). The minimum absolute atomic E-state index is 1.09. The molecular weight excluding hydrogens is 164 g/mol. The predicted octanol–water partition coefficient (Wildman–Crippen LogP) is 3.29. The van der Waals surface area contributed by atoms with Gasteiger partial charge in [0.2, 0.25) is 0 Å². The van der Waals surface area contributed by atoms with Gasteiger partial charge in [-0.3, -0.25) is 0 Å². The summed E-state index contributed by atoms with van der Waals surface area (Å²) in [7, 11) is 0. The largest absolute Gasteiger partial charge is 0.0741 e. The van der Waals surface area contributed by atoms with Crippen LogP contribution in [0.5, 0.6) is 0 Å². The smallest absolute Gasteiger partial charge is 0.0120 e. The highest BCUT2D eigenvalue weighted by Crippen LogP contribution is 2.09. The van der Waals surface area contributed by atoms with E-state index in [0.29, 0.717) is 0 Å². The van der Waals surface area contributed by atoms with Crippen LogP contribution in [-0.2, 0) is 0 Å². The monoisotopic (exact) mass is 175 g/mol. The first-order valence-corrected chi connectivity index (χ1v) is 3.53. The molecular formula is C7H12Br. The summed E-state index contributed by atoms with van der Waals surface area (Å²) < 4.78 is 1.22. The maximum absolute atomic E-state index is 3.35. The zero-order valence-electron chi connectivity index (χ0n) is 5.66. The second-order valence-electron chi connectivity index (χ2n) is 2.20. The van der Waals surface area contributed by atoms with E-state index in [2.05, 4.69) is 35.9 Å². The van der Waals surface area contributed by atoms with E-state index in [1.807, 2.05) is 6.92 Å². The fourth-order valence-corrected chi connectivity index (χ4v) is 0.507. The van der Waals surface area contributed by atoms with Gasteiger partial charge in [-0.05, 0) is 23.7 Å². The summed E-state index contributed by atoms with van der Waals surface area (Å²) in [5.74, 6) is 1.45. The van der Waals surface area contributed by atoms with Gasteiger partial charge in [-0.25, -0.2) is 0 Å². The lowest BCUT2D eigenvalue weighted by atomic mass is 10.1. The molecule has 0 aliphatic heterocycles. The molecule has 0 aromatic rings. The third-order valence-electron chi connectivity index (χ3n) is 0.792. The van der Waals surface area contributed by atoms with E-state index >= 15 is 0 Å². The molecule has 0 aromatic heterocycles. The van der Waals surface area contributed by atoms with E-state index in [1.165, 1.54) is 10.4 Å². The molecule has 0 unspecified atom stereocenters. The van der Waals surface area contributed by atoms with Gasteiger partial charge in [-0.15, -0.1) is 0 Å². The van der Waals surface area contributed by atoms with Crippen LogP contribution in [0, 0.1) is 5.92 Å². The van der Waals surface area contributed by atoms with Gasteiger partial charge >= 0.3 is 0 Å².